The first-order valence-corrected chi connectivity index (χ1v) is 9.04. The number of amides is 1. The van der Waals surface area contributed by atoms with Crippen LogP contribution in [0.4, 0.5) is 4.39 Å². The Kier molecular flexibility index (Phi) is 4.46. The van der Waals surface area contributed by atoms with Crippen LogP contribution in [0.25, 0.3) is 11.4 Å². The van der Waals surface area contributed by atoms with Gasteiger partial charge in [0.2, 0.25) is 11.7 Å². The first-order chi connectivity index (χ1) is 12.2. The second-order valence-electron chi connectivity index (χ2n) is 7.00. The normalized spacial score (nSPS) is 23.3. The van der Waals surface area contributed by atoms with Crippen molar-refractivity contribution in [1.29, 1.82) is 0 Å². The average Bonchev–Trinajstić information content (AvgIpc) is 3.10. The molecular weight excluding hydrogens is 321 g/mol. The van der Waals surface area contributed by atoms with E-state index in [-0.39, 0.29) is 18.3 Å². The van der Waals surface area contributed by atoms with Crippen LogP contribution in [0, 0.1) is 11.7 Å². The molecule has 2 heterocycles. The smallest absolute Gasteiger partial charge is 0.246 e. The third-order valence-corrected chi connectivity index (χ3v) is 5.38. The summed E-state index contributed by atoms with van der Waals surface area (Å²) >= 11 is 0. The fourth-order valence-corrected chi connectivity index (χ4v) is 4.20. The summed E-state index contributed by atoms with van der Waals surface area (Å²) in [5.41, 5.74) is 0.559. The van der Waals surface area contributed by atoms with Crippen LogP contribution in [0.2, 0.25) is 0 Å². The maximum Gasteiger partial charge on any atom is 0.246 e. The standard InChI is InChI=1S/C18H22FN5O/c19-15-8-3-6-14(11-15)18-20-22-24(21-18)12-17(25)23-10-4-7-13-5-1-2-9-16(13)23/h3,6,8,11,13,16H,1-2,4-5,7,9-10,12H2/t13-,16+/m0/s1. The van der Waals surface area contributed by atoms with Crippen molar-refractivity contribution in [3.8, 4) is 11.4 Å². The van der Waals surface area contributed by atoms with E-state index in [0.29, 0.717) is 23.3 Å². The molecule has 2 aromatic rings. The highest BCUT2D eigenvalue weighted by molar-refractivity contribution is 5.76. The van der Waals surface area contributed by atoms with Gasteiger partial charge in [0.1, 0.15) is 12.4 Å². The lowest BCUT2D eigenvalue weighted by Gasteiger charge is -2.44. The molecule has 2 atom stereocenters. The number of likely N-dealkylation sites (tertiary alicyclic amines) is 1. The molecule has 1 aromatic carbocycles. The van der Waals surface area contributed by atoms with Gasteiger partial charge in [0, 0.05) is 18.2 Å². The van der Waals surface area contributed by atoms with E-state index in [9.17, 15) is 9.18 Å². The molecule has 0 spiro atoms. The first-order valence-electron chi connectivity index (χ1n) is 9.04. The van der Waals surface area contributed by atoms with E-state index in [4.69, 9.17) is 0 Å². The van der Waals surface area contributed by atoms with Crippen molar-refractivity contribution in [2.45, 2.75) is 51.1 Å². The maximum absolute atomic E-state index is 13.3. The number of halogens is 1. The highest BCUT2D eigenvalue weighted by Gasteiger charge is 2.35. The molecule has 0 N–H and O–H groups in total. The van der Waals surface area contributed by atoms with Crippen LogP contribution in [-0.2, 0) is 11.3 Å². The van der Waals surface area contributed by atoms with Crippen LogP contribution < -0.4 is 0 Å². The topological polar surface area (TPSA) is 63.9 Å². The molecule has 1 aliphatic carbocycles. The number of rotatable bonds is 3. The van der Waals surface area contributed by atoms with Gasteiger partial charge in [0.05, 0.1) is 0 Å². The molecule has 1 aromatic heterocycles. The SMILES string of the molecule is O=C(Cn1nnc(-c2cccc(F)c2)n1)N1CCC[C@@H]2CCCC[C@H]21. The quantitative estimate of drug-likeness (QED) is 0.859. The summed E-state index contributed by atoms with van der Waals surface area (Å²) in [4.78, 5) is 16.1. The van der Waals surface area contributed by atoms with Gasteiger partial charge in [0.15, 0.2) is 0 Å². The van der Waals surface area contributed by atoms with Gasteiger partial charge in [-0.15, -0.1) is 10.2 Å². The minimum absolute atomic E-state index is 0.0554. The van der Waals surface area contributed by atoms with Crippen LogP contribution in [-0.4, -0.2) is 43.6 Å². The minimum atomic E-state index is -0.346. The zero-order chi connectivity index (χ0) is 17.2. The molecule has 6 nitrogen and oxygen atoms in total. The molecule has 0 unspecified atom stereocenters. The predicted molar refractivity (Wildman–Crippen MR) is 89.9 cm³/mol. The Morgan fingerprint density at radius 1 is 1.20 bits per heavy atom. The Hall–Kier alpha value is -2.31. The van der Waals surface area contributed by atoms with Crippen LogP contribution in [0.3, 0.4) is 0 Å². The number of nitrogens with zero attached hydrogens (tertiary/aromatic N) is 5. The molecule has 7 heteroatoms. The van der Waals surface area contributed by atoms with Crippen LogP contribution in [0.5, 0.6) is 0 Å². The van der Waals surface area contributed by atoms with Crippen molar-refractivity contribution in [2.24, 2.45) is 5.92 Å². The molecule has 2 aliphatic rings. The molecule has 1 aliphatic heterocycles. The largest absolute Gasteiger partial charge is 0.338 e. The zero-order valence-electron chi connectivity index (χ0n) is 14.1. The Morgan fingerprint density at radius 2 is 2.04 bits per heavy atom. The molecule has 1 saturated heterocycles. The van der Waals surface area contributed by atoms with Crippen molar-refractivity contribution in [3.05, 3.63) is 30.1 Å². The number of tetrazole rings is 1. The molecule has 25 heavy (non-hydrogen) atoms. The highest BCUT2D eigenvalue weighted by Crippen LogP contribution is 2.35. The van der Waals surface area contributed by atoms with Gasteiger partial charge in [-0.25, -0.2) is 4.39 Å². The Labute approximate surface area is 146 Å². The average molecular weight is 343 g/mol. The summed E-state index contributed by atoms with van der Waals surface area (Å²) in [6, 6.07) is 6.44. The second-order valence-corrected chi connectivity index (χ2v) is 7.00. The van der Waals surface area contributed by atoms with Crippen molar-refractivity contribution in [2.75, 3.05) is 6.54 Å². The van der Waals surface area contributed by atoms with Crippen molar-refractivity contribution >= 4 is 5.91 Å². The van der Waals surface area contributed by atoms with E-state index in [2.05, 4.69) is 15.4 Å². The lowest BCUT2D eigenvalue weighted by Crippen LogP contribution is -2.50. The number of piperidine rings is 1. The number of aromatic nitrogens is 4. The van der Waals surface area contributed by atoms with E-state index >= 15 is 0 Å². The van der Waals surface area contributed by atoms with Gasteiger partial charge >= 0.3 is 0 Å². The number of carbonyl (C=O) groups is 1. The zero-order valence-corrected chi connectivity index (χ0v) is 14.1. The fraction of sp³-hybridized carbons (Fsp3) is 0.556. The van der Waals surface area contributed by atoms with E-state index in [1.165, 1.54) is 42.6 Å². The van der Waals surface area contributed by atoms with Gasteiger partial charge in [0.25, 0.3) is 0 Å². The summed E-state index contributed by atoms with van der Waals surface area (Å²) < 4.78 is 13.3. The number of hydrogen-bond donors (Lipinski definition) is 0. The number of fused-ring (bicyclic) bond motifs is 1. The maximum atomic E-state index is 13.3. The summed E-state index contributed by atoms with van der Waals surface area (Å²) in [6.07, 6.45) is 7.14. The third kappa shape index (κ3) is 3.41. The number of benzene rings is 1. The van der Waals surface area contributed by atoms with Crippen molar-refractivity contribution < 1.29 is 9.18 Å². The molecule has 132 valence electrons. The lowest BCUT2D eigenvalue weighted by atomic mass is 9.78. The Balaban J connectivity index is 1.46. The summed E-state index contributed by atoms with van der Waals surface area (Å²) in [5.74, 6) is 0.695. The van der Waals surface area contributed by atoms with Crippen LogP contribution in [0.1, 0.15) is 38.5 Å². The van der Waals surface area contributed by atoms with Crippen molar-refractivity contribution in [1.82, 2.24) is 25.1 Å². The molecule has 0 bridgehead atoms. The molecular formula is C18H22FN5O. The predicted octanol–water partition coefficient (Wildman–Crippen LogP) is 2.66. The Morgan fingerprint density at radius 3 is 2.92 bits per heavy atom. The van der Waals surface area contributed by atoms with Crippen LogP contribution >= 0.6 is 0 Å². The number of hydrogen-bond acceptors (Lipinski definition) is 4. The molecule has 0 radical (unpaired) electrons. The lowest BCUT2D eigenvalue weighted by molar-refractivity contribution is -0.138. The highest BCUT2D eigenvalue weighted by atomic mass is 19.1. The van der Waals surface area contributed by atoms with Crippen molar-refractivity contribution in [3.63, 3.8) is 0 Å². The van der Waals surface area contributed by atoms with Crippen LogP contribution in [0.15, 0.2) is 24.3 Å². The third-order valence-electron chi connectivity index (χ3n) is 5.38. The van der Waals surface area contributed by atoms with E-state index in [1.54, 1.807) is 12.1 Å². The van der Waals surface area contributed by atoms with Gasteiger partial charge in [-0.3, -0.25) is 4.79 Å². The molecule has 1 saturated carbocycles. The second kappa shape index (κ2) is 6.90. The first kappa shape index (κ1) is 16.2. The summed E-state index contributed by atoms with van der Waals surface area (Å²) in [7, 11) is 0. The molecule has 4 rings (SSSR count). The van der Waals surface area contributed by atoms with E-state index in [0.717, 1.165) is 19.4 Å². The molecule has 1 amide bonds. The van der Waals surface area contributed by atoms with E-state index < -0.39 is 0 Å². The fourth-order valence-electron chi connectivity index (χ4n) is 4.20. The summed E-state index contributed by atoms with van der Waals surface area (Å²) in [6.45, 7) is 0.914. The van der Waals surface area contributed by atoms with Gasteiger partial charge < -0.3 is 4.90 Å². The van der Waals surface area contributed by atoms with E-state index in [1.807, 2.05) is 4.90 Å². The monoisotopic (exact) mass is 343 g/mol. The Bertz CT molecular complexity index is 759. The van der Waals surface area contributed by atoms with Gasteiger partial charge in [-0.1, -0.05) is 25.0 Å². The van der Waals surface area contributed by atoms with Gasteiger partial charge in [-0.05, 0) is 48.9 Å². The molecule has 2 fully saturated rings. The summed E-state index contributed by atoms with van der Waals surface area (Å²) in [5, 5.41) is 12.2. The minimum Gasteiger partial charge on any atom is -0.338 e. The van der Waals surface area contributed by atoms with Gasteiger partial charge in [-0.2, -0.15) is 4.80 Å². The number of carbonyl (C=O) groups excluding carboxylic acids is 1.